The third-order valence-corrected chi connectivity index (χ3v) is 7.28. The van der Waals surface area contributed by atoms with Crippen LogP contribution in [0.2, 0.25) is 0 Å². The first-order chi connectivity index (χ1) is 13.9. The fraction of sp³-hybridized carbons (Fsp3) is 0.304. The molecular weight excluding hydrogens is 491 g/mol. The van der Waals surface area contributed by atoms with Crippen LogP contribution >= 0.6 is 34.8 Å². The van der Waals surface area contributed by atoms with E-state index in [0.29, 0.717) is 5.92 Å². The first kappa shape index (κ1) is 20.3. The molecule has 150 valence electrons. The van der Waals surface area contributed by atoms with Gasteiger partial charge in [0.15, 0.2) is 5.11 Å². The van der Waals surface area contributed by atoms with Crippen molar-refractivity contribution < 1.29 is 0 Å². The highest BCUT2D eigenvalue weighted by molar-refractivity contribution is 14.1. The second-order valence-corrected chi connectivity index (χ2v) is 9.31. The normalized spacial score (nSPS) is 19.1. The summed E-state index contributed by atoms with van der Waals surface area (Å²) >= 11 is 8.27. The first-order valence-electron chi connectivity index (χ1n) is 9.83. The first-order valence-corrected chi connectivity index (χ1v) is 11.3. The molecule has 4 rings (SSSR count). The van der Waals surface area contributed by atoms with Crippen molar-refractivity contribution in [2.75, 3.05) is 4.90 Å². The van der Waals surface area contributed by atoms with Crippen LogP contribution in [0, 0.1) is 17.4 Å². The Morgan fingerprint density at radius 2 is 1.79 bits per heavy atom. The van der Waals surface area contributed by atoms with Gasteiger partial charge in [-0.15, -0.1) is 0 Å². The van der Waals surface area contributed by atoms with Crippen molar-refractivity contribution in [1.82, 2.24) is 15.3 Å². The molecule has 2 atom stereocenters. The van der Waals surface area contributed by atoms with Crippen LogP contribution in [0.1, 0.15) is 60.1 Å². The van der Waals surface area contributed by atoms with Crippen LogP contribution in [0.4, 0.5) is 5.69 Å². The number of aromatic nitrogens is 2. The number of nitrogens with one attached hydrogen (secondary N) is 2. The van der Waals surface area contributed by atoms with Gasteiger partial charge >= 0.3 is 0 Å². The SMILES string of the molecule is Cc1[nH]c(C)c([C@H]2[C@@H](c3ccccn3)NC(=S)N2c2ccc(C(C)C)cc2)c1I. The van der Waals surface area contributed by atoms with Gasteiger partial charge in [-0.05, 0) is 84.4 Å². The molecule has 0 saturated carbocycles. The van der Waals surface area contributed by atoms with E-state index in [1.807, 2.05) is 18.3 Å². The number of H-pyrrole nitrogens is 1. The number of rotatable bonds is 4. The van der Waals surface area contributed by atoms with E-state index in [9.17, 15) is 0 Å². The van der Waals surface area contributed by atoms with Crippen molar-refractivity contribution in [2.45, 2.75) is 45.7 Å². The number of pyridine rings is 1. The minimum Gasteiger partial charge on any atom is -0.362 e. The molecule has 0 unspecified atom stereocenters. The second kappa shape index (κ2) is 8.07. The Kier molecular flexibility index (Phi) is 5.66. The molecule has 0 bridgehead atoms. The minimum atomic E-state index is -0.0177. The molecule has 0 amide bonds. The molecule has 4 nitrogen and oxygen atoms in total. The molecule has 0 radical (unpaired) electrons. The van der Waals surface area contributed by atoms with Crippen LogP contribution in [0.3, 0.4) is 0 Å². The van der Waals surface area contributed by atoms with Crippen LogP contribution in [-0.4, -0.2) is 15.1 Å². The Bertz CT molecular complexity index is 1030. The van der Waals surface area contributed by atoms with Gasteiger partial charge in [0.05, 0.1) is 17.8 Å². The molecule has 29 heavy (non-hydrogen) atoms. The molecule has 0 aliphatic carbocycles. The molecule has 3 heterocycles. The molecule has 1 saturated heterocycles. The lowest BCUT2D eigenvalue weighted by atomic mass is 9.96. The summed E-state index contributed by atoms with van der Waals surface area (Å²) in [5.74, 6) is 0.500. The third-order valence-electron chi connectivity index (χ3n) is 5.58. The smallest absolute Gasteiger partial charge is 0.174 e. The van der Waals surface area contributed by atoms with Gasteiger partial charge in [0, 0.05) is 32.4 Å². The predicted octanol–water partition coefficient (Wildman–Crippen LogP) is 5.93. The third kappa shape index (κ3) is 3.68. The van der Waals surface area contributed by atoms with Crippen molar-refractivity contribution in [2.24, 2.45) is 0 Å². The van der Waals surface area contributed by atoms with Crippen molar-refractivity contribution in [3.63, 3.8) is 0 Å². The largest absolute Gasteiger partial charge is 0.362 e. The van der Waals surface area contributed by atoms with Gasteiger partial charge in [0.25, 0.3) is 0 Å². The van der Waals surface area contributed by atoms with E-state index in [2.05, 4.69) is 101 Å². The van der Waals surface area contributed by atoms with E-state index >= 15 is 0 Å². The zero-order valence-corrected chi connectivity index (χ0v) is 20.0. The zero-order valence-electron chi connectivity index (χ0n) is 17.0. The Hall–Kier alpha value is -1.93. The second-order valence-electron chi connectivity index (χ2n) is 7.85. The summed E-state index contributed by atoms with van der Waals surface area (Å²) < 4.78 is 1.25. The predicted molar refractivity (Wildman–Crippen MR) is 131 cm³/mol. The number of thiocarbonyl (C=S) groups is 1. The van der Waals surface area contributed by atoms with E-state index in [0.717, 1.165) is 16.5 Å². The van der Waals surface area contributed by atoms with E-state index in [-0.39, 0.29) is 12.1 Å². The Morgan fingerprint density at radius 1 is 1.07 bits per heavy atom. The van der Waals surface area contributed by atoms with Crippen LogP contribution in [-0.2, 0) is 0 Å². The summed E-state index contributed by atoms with van der Waals surface area (Å²) in [7, 11) is 0. The number of benzene rings is 1. The van der Waals surface area contributed by atoms with Crippen LogP contribution in [0.25, 0.3) is 0 Å². The highest BCUT2D eigenvalue weighted by Crippen LogP contribution is 2.44. The number of aromatic amines is 1. The van der Waals surface area contributed by atoms with Crippen LogP contribution in [0.5, 0.6) is 0 Å². The quantitative estimate of drug-likeness (QED) is 0.333. The zero-order chi connectivity index (χ0) is 20.7. The Morgan fingerprint density at radius 3 is 2.34 bits per heavy atom. The number of halogens is 1. The Labute approximate surface area is 191 Å². The van der Waals surface area contributed by atoms with Crippen molar-refractivity contribution in [3.8, 4) is 0 Å². The van der Waals surface area contributed by atoms with Crippen molar-refractivity contribution in [3.05, 3.63) is 80.4 Å². The van der Waals surface area contributed by atoms with E-state index < -0.39 is 0 Å². The fourth-order valence-electron chi connectivity index (χ4n) is 4.07. The summed E-state index contributed by atoms with van der Waals surface area (Å²) in [4.78, 5) is 10.4. The summed E-state index contributed by atoms with van der Waals surface area (Å²) in [5.41, 5.74) is 7.06. The maximum Gasteiger partial charge on any atom is 0.174 e. The van der Waals surface area contributed by atoms with E-state index in [4.69, 9.17) is 12.2 Å². The molecule has 2 aromatic heterocycles. The van der Waals surface area contributed by atoms with Gasteiger partial charge in [-0.25, -0.2) is 0 Å². The lowest BCUT2D eigenvalue weighted by molar-refractivity contribution is 0.564. The molecule has 2 N–H and O–H groups in total. The molecule has 6 heteroatoms. The number of aryl methyl sites for hydroxylation is 2. The number of nitrogens with zero attached hydrogens (tertiary/aromatic N) is 2. The van der Waals surface area contributed by atoms with Crippen LogP contribution in [0.15, 0.2) is 48.7 Å². The average Bonchev–Trinajstić information content (AvgIpc) is 3.17. The lowest BCUT2D eigenvalue weighted by Crippen LogP contribution is -2.29. The molecule has 1 aliphatic rings. The van der Waals surface area contributed by atoms with Gasteiger partial charge in [-0.1, -0.05) is 32.0 Å². The minimum absolute atomic E-state index is 0.0177. The monoisotopic (exact) mass is 516 g/mol. The van der Waals surface area contributed by atoms with Crippen molar-refractivity contribution in [1.29, 1.82) is 0 Å². The Balaban J connectivity index is 1.85. The fourth-order valence-corrected chi connectivity index (χ4v) is 5.27. The standard InChI is InChI=1S/C23H25IN4S/c1-13(2)16-8-10-17(11-9-16)28-22(19-14(3)26-15(4)20(19)24)21(27-23(28)29)18-7-5-6-12-25-18/h5-13,21-22,26H,1-4H3,(H,27,29)/t21-,22+/m1/s1. The number of anilines is 1. The molecule has 1 aromatic carbocycles. The van der Waals surface area contributed by atoms with Gasteiger partial charge in [-0.2, -0.15) is 0 Å². The van der Waals surface area contributed by atoms with Gasteiger partial charge < -0.3 is 15.2 Å². The molecule has 1 fully saturated rings. The average molecular weight is 516 g/mol. The lowest BCUT2D eigenvalue weighted by Gasteiger charge is -2.28. The molecule has 1 aliphatic heterocycles. The number of hydrogen-bond acceptors (Lipinski definition) is 2. The summed E-state index contributed by atoms with van der Waals surface area (Å²) in [6.07, 6.45) is 1.84. The van der Waals surface area contributed by atoms with Gasteiger partial charge in [0.1, 0.15) is 0 Å². The van der Waals surface area contributed by atoms with Crippen molar-refractivity contribution >= 4 is 45.6 Å². The maximum absolute atomic E-state index is 5.83. The van der Waals surface area contributed by atoms with E-state index in [1.165, 1.54) is 26.1 Å². The highest BCUT2D eigenvalue weighted by Gasteiger charge is 2.42. The van der Waals surface area contributed by atoms with Gasteiger partial charge in [0.2, 0.25) is 0 Å². The molecular formula is C23H25IN4S. The van der Waals surface area contributed by atoms with Crippen LogP contribution < -0.4 is 10.2 Å². The highest BCUT2D eigenvalue weighted by atomic mass is 127. The van der Waals surface area contributed by atoms with Gasteiger partial charge in [-0.3, -0.25) is 4.98 Å². The summed E-state index contributed by atoms with van der Waals surface area (Å²) in [5, 5.41) is 4.28. The summed E-state index contributed by atoms with van der Waals surface area (Å²) in [6, 6.07) is 14.8. The molecule has 0 spiro atoms. The number of hydrogen-bond donors (Lipinski definition) is 2. The topological polar surface area (TPSA) is 44.0 Å². The molecule has 3 aromatic rings. The summed E-state index contributed by atoms with van der Waals surface area (Å²) in [6.45, 7) is 8.69. The van der Waals surface area contributed by atoms with E-state index in [1.54, 1.807) is 0 Å². The maximum atomic E-state index is 5.83.